The Labute approximate surface area is 155 Å². The van der Waals surface area contributed by atoms with Crippen LogP contribution in [0.5, 0.6) is 5.75 Å². The van der Waals surface area contributed by atoms with E-state index < -0.39 is 17.3 Å². The molecule has 3 rings (SSSR count). The largest absolute Gasteiger partial charge is 0.482 e. The Morgan fingerprint density at radius 1 is 1.32 bits per heavy atom. The number of carbonyl (C=O) groups excluding carboxylic acids is 1. The van der Waals surface area contributed by atoms with Crippen molar-refractivity contribution in [3.63, 3.8) is 0 Å². The normalized spacial score (nSPS) is 22.2. The van der Waals surface area contributed by atoms with Gasteiger partial charge in [-0.1, -0.05) is 23.2 Å². The highest BCUT2D eigenvalue weighted by Crippen LogP contribution is 2.44. The Balaban J connectivity index is 1.65. The van der Waals surface area contributed by atoms with E-state index in [0.717, 1.165) is 0 Å². The first-order valence-corrected chi connectivity index (χ1v) is 8.83. The number of halogens is 2. The predicted molar refractivity (Wildman–Crippen MR) is 92.1 cm³/mol. The van der Waals surface area contributed by atoms with Crippen molar-refractivity contribution in [1.82, 2.24) is 4.90 Å². The Morgan fingerprint density at radius 3 is 2.68 bits per heavy atom. The number of rotatable bonds is 4. The molecule has 0 aromatic heterocycles. The second kappa shape index (κ2) is 7.40. The maximum atomic E-state index is 12.5. The zero-order valence-electron chi connectivity index (χ0n) is 13.5. The molecule has 2 fully saturated rings. The number of aliphatic carboxylic acids is 1. The van der Waals surface area contributed by atoms with Gasteiger partial charge in [-0.2, -0.15) is 0 Å². The molecule has 1 aromatic carbocycles. The van der Waals surface area contributed by atoms with Gasteiger partial charge in [0.05, 0.1) is 10.9 Å². The SMILES string of the molecule is O=C(O)C1CN(C(=O)COc2ccc(Cl)cc2Cl)CC12CCOCC2. The van der Waals surface area contributed by atoms with E-state index >= 15 is 0 Å². The third-order valence-electron chi connectivity index (χ3n) is 5.03. The molecule has 25 heavy (non-hydrogen) atoms. The molecule has 136 valence electrons. The van der Waals surface area contributed by atoms with Gasteiger partial charge in [0.2, 0.25) is 0 Å². The molecule has 0 aliphatic carbocycles. The standard InChI is InChI=1S/C17H19Cl2NO5/c18-11-1-2-14(13(19)7-11)25-9-15(21)20-8-12(16(22)23)17(10-20)3-5-24-6-4-17/h1-2,7,12H,3-6,8-10H2,(H,22,23). The number of benzene rings is 1. The second-order valence-electron chi connectivity index (χ2n) is 6.50. The van der Waals surface area contributed by atoms with Crippen molar-refractivity contribution in [1.29, 1.82) is 0 Å². The summed E-state index contributed by atoms with van der Waals surface area (Å²) in [5.74, 6) is -1.31. The van der Waals surface area contributed by atoms with E-state index in [1.54, 1.807) is 17.0 Å². The van der Waals surface area contributed by atoms with Crippen molar-refractivity contribution in [3.05, 3.63) is 28.2 Å². The van der Waals surface area contributed by atoms with Crippen LogP contribution in [0.2, 0.25) is 10.0 Å². The van der Waals surface area contributed by atoms with E-state index in [0.29, 0.717) is 48.4 Å². The van der Waals surface area contributed by atoms with Crippen molar-refractivity contribution < 1.29 is 24.2 Å². The Kier molecular flexibility index (Phi) is 5.41. The number of amides is 1. The van der Waals surface area contributed by atoms with Crippen LogP contribution in [0, 0.1) is 11.3 Å². The number of ether oxygens (including phenoxy) is 2. The minimum Gasteiger partial charge on any atom is -0.482 e. The summed E-state index contributed by atoms with van der Waals surface area (Å²) in [6.45, 7) is 1.49. The molecule has 2 heterocycles. The highest BCUT2D eigenvalue weighted by atomic mass is 35.5. The lowest BCUT2D eigenvalue weighted by atomic mass is 9.72. The highest BCUT2D eigenvalue weighted by Gasteiger charge is 2.51. The van der Waals surface area contributed by atoms with Gasteiger partial charge in [-0.05, 0) is 31.0 Å². The first-order chi connectivity index (χ1) is 11.9. The third kappa shape index (κ3) is 3.86. The molecular weight excluding hydrogens is 369 g/mol. The lowest BCUT2D eigenvalue weighted by molar-refractivity contribution is -0.146. The van der Waals surface area contributed by atoms with Crippen LogP contribution in [0.25, 0.3) is 0 Å². The number of nitrogens with zero attached hydrogens (tertiary/aromatic N) is 1. The zero-order chi connectivity index (χ0) is 18.0. The van der Waals surface area contributed by atoms with Gasteiger partial charge in [0, 0.05) is 36.7 Å². The fraction of sp³-hybridized carbons (Fsp3) is 0.529. The number of hydrogen-bond donors (Lipinski definition) is 1. The van der Waals surface area contributed by atoms with Crippen molar-refractivity contribution >= 4 is 35.1 Å². The van der Waals surface area contributed by atoms with E-state index in [1.807, 2.05) is 0 Å². The van der Waals surface area contributed by atoms with Gasteiger partial charge in [0.1, 0.15) is 5.75 Å². The third-order valence-corrected chi connectivity index (χ3v) is 5.56. The maximum Gasteiger partial charge on any atom is 0.308 e. The Hall–Kier alpha value is -1.50. The van der Waals surface area contributed by atoms with Crippen LogP contribution >= 0.6 is 23.2 Å². The lowest BCUT2D eigenvalue weighted by Gasteiger charge is -2.36. The van der Waals surface area contributed by atoms with Crippen LogP contribution < -0.4 is 4.74 Å². The molecule has 1 amide bonds. The Morgan fingerprint density at radius 2 is 2.04 bits per heavy atom. The fourth-order valence-electron chi connectivity index (χ4n) is 3.61. The average molecular weight is 388 g/mol. The smallest absolute Gasteiger partial charge is 0.308 e. The minimum atomic E-state index is -0.862. The average Bonchev–Trinajstić information content (AvgIpc) is 2.93. The van der Waals surface area contributed by atoms with Crippen LogP contribution in [-0.2, 0) is 14.3 Å². The summed E-state index contributed by atoms with van der Waals surface area (Å²) in [6, 6.07) is 4.76. The Bertz CT molecular complexity index is 675. The molecule has 2 aliphatic rings. The molecule has 0 radical (unpaired) electrons. The molecule has 2 aliphatic heterocycles. The van der Waals surface area contributed by atoms with Gasteiger partial charge in [0.15, 0.2) is 6.61 Å². The molecule has 1 N–H and O–H groups in total. The van der Waals surface area contributed by atoms with Crippen LogP contribution in [-0.4, -0.2) is 54.8 Å². The number of likely N-dealkylation sites (tertiary alicyclic amines) is 1. The molecule has 1 spiro atoms. The molecule has 2 saturated heterocycles. The first kappa shape index (κ1) is 18.3. The predicted octanol–water partition coefficient (Wildman–Crippen LogP) is 2.71. The summed E-state index contributed by atoms with van der Waals surface area (Å²) in [5, 5.41) is 10.4. The van der Waals surface area contributed by atoms with Gasteiger partial charge in [-0.3, -0.25) is 9.59 Å². The van der Waals surface area contributed by atoms with Crippen molar-refractivity contribution in [2.45, 2.75) is 12.8 Å². The van der Waals surface area contributed by atoms with Gasteiger partial charge in [-0.25, -0.2) is 0 Å². The van der Waals surface area contributed by atoms with E-state index in [-0.39, 0.29) is 19.1 Å². The van der Waals surface area contributed by atoms with Gasteiger partial charge in [-0.15, -0.1) is 0 Å². The fourth-order valence-corrected chi connectivity index (χ4v) is 4.07. The summed E-state index contributed by atoms with van der Waals surface area (Å²) in [5.41, 5.74) is -0.405. The summed E-state index contributed by atoms with van der Waals surface area (Å²) in [7, 11) is 0. The maximum absolute atomic E-state index is 12.5. The highest BCUT2D eigenvalue weighted by molar-refractivity contribution is 6.35. The minimum absolute atomic E-state index is 0.194. The van der Waals surface area contributed by atoms with E-state index in [1.165, 1.54) is 6.07 Å². The van der Waals surface area contributed by atoms with Crippen LogP contribution in [0.15, 0.2) is 18.2 Å². The summed E-state index contributed by atoms with van der Waals surface area (Å²) >= 11 is 11.9. The van der Waals surface area contributed by atoms with Crippen LogP contribution in [0.3, 0.4) is 0 Å². The van der Waals surface area contributed by atoms with Gasteiger partial charge < -0.3 is 19.5 Å². The zero-order valence-corrected chi connectivity index (χ0v) is 15.1. The summed E-state index contributed by atoms with van der Waals surface area (Å²) in [4.78, 5) is 25.7. The van der Waals surface area contributed by atoms with E-state index in [2.05, 4.69) is 0 Å². The first-order valence-electron chi connectivity index (χ1n) is 8.07. The van der Waals surface area contributed by atoms with E-state index in [9.17, 15) is 14.7 Å². The summed E-state index contributed by atoms with van der Waals surface area (Å²) in [6.07, 6.45) is 1.30. The molecule has 0 bridgehead atoms. The topological polar surface area (TPSA) is 76.1 Å². The molecule has 6 nitrogen and oxygen atoms in total. The lowest BCUT2D eigenvalue weighted by Crippen LogP contribution is -2.40. The quantitative estimate of drug-likeness (QED) is 0.859. The summed E-state index contributed by atoms with van der Waals surface area (Å²) < 4.78 is 10.8. The van der Waals surface area contributed by atoms with Crippen LogP contribution in [0.4, 0.5) is 0 Å². The number of carbonyl (C=O) groups is 2. The van der Waals surface area contributed by atoms with Gasteiger partial charge >= 0.3 is 5.97 Å². The molecular formula is C17H19Cl2NO5. The molecule has 1 unspecified atom stereocenters. The monoisotopic (exact) mass is 387 g/mol. The second-order valence-corrected chi connectivity index (χ2v) is 7.35. The van der Waals surface area contributed by atoms with Crippen molar-refractivity contribution in [2.24, 2.45) is 11.3 Å². The molecule has 0 saturated carbocycles. The van der Waals surface area contributed by atoms with Crippen LogP contribution in [0.1, 0.15) is 12.8 Å². The number of carboxylic acids is 1. The van der Waals surface area contributed by atoms with Crippen molar-refractivity contribution in [3.8, 4) is 5.75 Å². The molecule has 8 heteroatoms. The number of hydrogen-bond acceptors (Lipinski definition) is 4. The molecule has 1 aromatic rings. The van der Waals surface area contributed by atoms with Crippen molar-refractivity contribution in [2.75, 3.05) is 32.9 Å². The van der Waals surface area contributed by atoms with E-state index in [4.69, 9.17) is 32.7 Å². The molecule has 1 atom stereocenters. The van der Waals surface area contributed by atoms with Gasteiger partial charge in [0.25, 0.3) is 5.91 Å². The number of carboxylic acid groups (broad SMARTS) is 1.